The van der Waals surface area contributed by atoms with E-state index in [4.69, 9.17) is 16.3 Å². The quantitative estimate of drug-likeness (QED) is 0.801. The highest BCUT2D eigenvalue weighted by Gasteiger charge is 2.28. The SMILES string of the molecule is Cc1ccc([C@H]2OCCNC[C@@H]2Cn2cccc(C3=NNC(=O)C3)c2=O)cc1Cl. The van der Waals surface area contributed by atoms with Crippen LogP contribution in [0, 0.1) is 12.8 Å². The molecule has 2 aliphatic rings. The minimum absolute atomic E-state index is 0.0366. The van der Waals surface area contributed by atoms with Crippen LogP contribution < -0.4 is 16.3 Å². The fourth-order valence-corrected chi connectivity index (χ4v) is 3.96. The first-order valence-electron chi connectivity index (χ1n) is 9.66. The van der Waals surface area contributed by atoms with Gasteiger partial charge in [-0.15, -0.1) is 0 Å². The van der Waals surface area contributed by atoms with Crippen molar-refractivity contribution in [2.45, 2.75) is 26.0 Å². The molecular weight excluding hydrogens is 392 g/mol. The van der Waals surface area contributed by atoms with Crippen molar-refractivity contribution < 1.29 is 9.53 Å². The summed E-state index contributed by atoms with van der Waals surface area (Å²) in [5.41, 5.74) is 5.19. The molecule has 3 heterocycles. The number of carbonyl (C=O) groups excluding carboxylic acids is 1. The number of benzene rings is 1. The van der Waals surface area contributed by atoms with Crippen LogP contribution in [-0.4, -0.2) is 35.9 Å². The number of pyridine rings is 1. The zero-order valence-electron chi connectivity index (χ0n) is 16.2. The molecule has 0 saturated carbocycles. The molecule has 1 fully saturated rings. The molecule has 1 aromatic heterocycles. The molecule has 2 atom stereocenters. The van der Waals surface area contributed by atoms with Crippen molar-refractivity contribution in [3.05, 3.63) is 68.6 Å². The molecule has 152 valence electrons. The molecule has 1 amide bonds. The lowest BCUT2D eigenvalue weighted by atomic mass is 9.94. The summed E-state index contributed by atoms with van der Waals surface area (Å²) >= 11 is 6.34. The Balaban J connectivity index is 1.63. The van der Waals surface area contributed by atoms with Gasteiger partial charge in [-0.05, 0) is 36.2 Å². The van der Waals surface area contributed by atoms with E-state index in [9.17, 15) is 9.59 Å². The lowest BCUT2D eigenvalue weighted by Crippen LogP contribution is -2.33. The monoisotopic (exact) mass is 414 g/mol. The van der Waals surface area contributed by atoms with E-state index in [-0.39, 0.29) is 29.9 Å². The summed E-state index contributed by atoms with van der Waals surface area (Å²) in [4.78, 5) is 24.5. The third-order valence-electron chi connectivity index (χ3n) is 5.34. The molecule has 8 heteroatoms. The Kier molecular flexibility index (Phi) is 5.80. The van der Waals surface area contributed by atoms with Crippen LogP contribution in [0.3, 0.4) is 0 Å². The van der Waals surface area contributed by atoms with Gasteiger partial charge in [-0.1, -0.05) is 23.7 Å². The van der Waals surface area contributed by atoms with Gasteiger partial charge in [0.25, 0.3) is 5.56 Å². The molecule has 2 N–H and O–H groups in total. The Morgan fingerprint density at radius 1 is 1.31 bits per heavy atom. The van der Waals surface area contributed by atoms with Crippen LogP contribution in [0.1, 0.15) is 29.2 Å². The van der Waals surface area contributed by atoms with Crippen LogP contribution in [-0.2, 0) is 16.1 Å². The minimum Gasteiger partial charge on any atom is -0.372 e. The summed E-state index contributed by atoms with van der Waals surface area (Å²) in [7, 11) is 0. The average molecular weight is 415 g/mol. The van der Waals surface area contributed by atoms with E-state index < -0.39 is 0 Å². The van der Waals surface area contributed by atoms with Crippen molar-refractivity contribution in [1.29, 1.82) is 0 Å². The van der Waals surface area contributed by atoms with Crippen LogP contribution in [0.4, 0.5) is 0 Å². The molecule has 0 spiro atoms. The molecule has 2 aliphatic heterocycles. The first kappa shape index (κ1) is 19.8. The summed E-state index contributed by atoms with van der Waals surface area (Å²) < 4.78 is 7.81. The van der Waals surface area contributed by atoms with Gasteiger partial charge in [0.1, 0.15) is 0 Å². The molecule has 4 rings (SSSR count). The van der Waals surface area contributed by atoms with E-state index >= 15 is 0 Å². The number of ether oxygens (including phenoxy) is 1. The molecule has 1 saturated heterocycles. The van der Waals surface area contributed by atoms with Crippen molar-refractivity contribution in [3.63, 3.8) is 0 Å². The highest BCUT2D eigenvalue weighted by molar-refractivity contribution is 6.31. The predicted octanol–water partition coefficient (Wildman–Crippen LogP) is 2.01. The molecule has 7 nitrogen and oxygen atoms in total. The number of aromatic nitrogens is 1. The lowest BCUT2D eigenvalue weighted by molar-refractivity contribution is -0.119. The van der Waals surface area contributed by atoms with Crippen LogP contribution >= 0.6 is 11.6 Å². The Labute approximate surface area is 173 Å². The molecule has 29 heavy (non-hydrogen) atoms. The van der Waals surface area contributed by atoms with E-state index in [1.54, 1.807) is 16.8 Å². The smallest absolute Gasteiger partial charge is 0.259 e. The lowest BCUT2D eigenvalue weighted by Gasteiger charge is -2.26. The summed E-state index contributed by atoms with van der Waals surface area (Å²) in [6, 6.07) is 9.49. The Morgan fingerprint density at radius 2 is 2.17 bits per heavy atom. The number of rotatable bonds is 4. The molecule has 0 radical (unpaired) electrons. The summed E-state index contributed by atoms with van der Waals surface area (Å²) in [6.07, 6.45) is 1.71. The second-order valence-corrected chi connectivity index (χ2v) is 7.82. The molecule has 0 aliphatic carbocycles. The van der Waals surface area contributed by atoms with E-state index in [0.29, 0.717) is 36.0 Å². The van der Waals surface area contributed by atoms with Gasteiger partial charge in [0.2, 0.25) is 5.91 Å². The average Bonchev–Trinajstić information content (AvgIpc) is 3.00. The largest absolute Gasteiger partial charge is 0.372 e. The number of hydrogen-bond acceptors (Lipinski definition) is 5. The van der Waals surface area contributed by atoms with Crippen LogP contribution in [0.25, 0.3) is 0 Å². The maximum Gasteiger partial charge on any atom is 0.259 e. The van der Waals surface area contributed by atoms with Crippen molar-refractivity contribution in [3.8, 4) is 0 Å². The Hall–Kier alpha value is -2.48. The maximum atomic E-state index is 13.0. The zero-order valence-corrected chi connectivity index (χ0v) is 16.9. The van der Waals surface area contributed by atoms with Crippen LogP contribution in [0.5, 0.6) is 0 Å². The molecule has 0 unspecified atom stereocenters. The van der Waals surface area contributed by atoms with Gasteiger partial charge >= 0.3 is 0 Å². The second kappa shape index (κ2) is 8.49. The maximum absolute atomic E-state index is 13.0. The highest BCUT2D eigenvalue weighted by Crippen LogP contribution is 2.31. The van der Waals surface area contributed by atoms with E-state index in [1.807, 2.05) is 31.2 Å². The number of amides is 1. The molecule has 1 aromatic carbocycles. The summed E-state index contributed by atoms with van der Waals surface area (Å²) in [5, 5.41) is 8.08. The number of halogens is 1. The second-order valence-electron chi connectivity index (χ2n) is 7.41. The van der Waals surface area contributed by atoms with Crippen molar-refractivity contribution in [2.75, 3.05) is 19.7 Å². The topological polar surface area (TPSA) is 84.7 Å². The molecule has 2 aromatic rings. The van der Waals surface area contributed by atoms with Crippen molar-refractivity contribution in [1.82, 2.24) is 15.3 Å². The molecule has 0 bridgehead atoms. The van der Waals surface area contributed by atoms with Gasteiger partial charge in [-0.2, -0.15) is 5.10 Å². The number of hydrogen-bond donors (Lipinski definition) is 2. The van der Waals surface area contributed by atoms with E-state index in [2.05, 4.69) is 15.8 Å². The number of hydrazone groups is 1. The van der Waals surface area contributed by atoms with Gasteiger partial charge in [0.05, 0.1) is 30.4 Å². The van der Waals surface area contributed by atoms with E-state index in [0.717, 1.165) is 17.7 Å². The highest BCUT2D eigenvalue weighted by atomic mass is 35.5. The number of nitrogens with zero attached hydrogens (tertiary/aromatic N) is 2. The summed E-state index contributed by atoms with van der Waals surface area (Å²) in [5.74, 6) is -0.165. The third-order valence-corrected chi connectivity index (χ3v) is 5.75. The van der Waals surface area contributed by atoms with Crippen molar-refractivity contribution >= 4 is 23.2 Å². The van der Waals surface area contributed by atoms with Gasteiger partial charge in [-0.3, -0.25) is 9.59 Å². The molecular formula is C21H23ClN4O3. The fraction of sp³-hybridized carbons (Fsp3) is 0.381. The van der Waals surface area contributed by atoms with Gasteiger partial charge in [0, 0.05) is 36.8 Å². The minimum atomic E-state index is -0.201. The summed E-state index contributed by atoms with van der Waals surface area (Å²) in [6.45, 7) is 4.51. The van der Waals surface area contributed by atoms with Gasteiger partial charge < -0.3 is 14.6 Å². The number of carbonyl (C=O) groups is 1. The van der Waals surface area contributed by atoms with Crippen LogP contribution in [0.2, 0.25) is 5.02 Å². The van der Waals surface area contributed by atoms with Crippen molar-refractivity contribution in [2.24, 2.45) is 11.0 Å². The third kappa shape index (κ3) is 4.27. The predicted molar refractivity (Wildman–Crippen MR) is 111 cm³/mol. The fourth-order valence-electron chi connectivity index (χ4n) is 3.77. The first-order chi connectivity index (χ1) is 14.0. The Morgan fingerprint density at radius 3 is 2.93 bits per heavy atom. The van der Waals surface area contributed by atoms with Crippen LogP contribution in [0.15, 0.2) is 46.4 Å². The van der Waals surface area contributed by atoms with Gasteiger partial charge in [-0.25, -0.2) is 5.43 Å². The van der Waals surface area contributed by atoms with Gasteiger partial charge in [0.15, 0.2) is 0 Å². The number of aryl methyl sites for hydroxylation is 1. The zero-order chi connectivity index (χ0) is 20.4. The Bertz CT molecular complexity index is 1020. The standard InChI is InChI=1S/C21H23ClN4O3/c1-13-4-5-14(9-17(13)22)20-15(11-23-6-8-29-20)12-26-7-2-3-16(21(26)28)18-10-19(27)25-24-18/h2-5,7,9,15,20,23H,6,8,10-12H2,1H3,(H,25,27)/t15-,20-/m1/s1. The number of nitrogens with one attached hydrogen (secondary N) is 2. The normalized spacial score (nSPS) is 22.1. The first-order valence-corrected chi connectivity index (χ1v) is 10.0. The van der Waals surface area contributed by atoms with E-state index in [1.165, 1.54) is 0 Å².